The Labute approximate surface area is 128 Å². The van der Waals surface area contributed by atoms with Gasteiger partial charge in [-0.05, 0) is 30.7 Å². The molecule has 0 bridgehead atoms. The van der Waals surface area contributed by atoms with Crippen LogP contribution < -0.4 is 0 Å². The van der Waals surface area contributed by atoms with Crippen molar-refractivity contribution in [3.63, 3.8) is 0 Å². The van der Waals surface area contributed by atoms with Gasteiger partial charge >= 0.3 is 0 Å². The summed E-state index contributed by atoms with van der Waals surface area (Å²) >= 11 is 0. The molecule has 1 aliphatic heterocycles. The Bertz CT molecular complexity index is 706. The number of carbonyl (C=O) groups excluding carboxylic acids is 1. The van der Waals surface area contributed by atoms with E-state index in [1.165, 1.54) is 0 Å². The molecule has 1 saturated heterocycles. The number of hydrogen-bond acceptors (Lipinski definition) is 5. The number of amides is 1. The molecular formula is C15H19N5O2. The lowest BCUT2D eigenvalue weighted by Crippen LogP contribution is -2.32. The van der Waals surface area contributed by atoms with E-state index >= 15 is 0 Å². The lowest BCUT2D eigenvalue weighted by molar-refractivity contribution is -0.133. The Morgan fingerprint density at radius 3 is 3.00 bits per heavy atom. The summed E-state index contributed by atoms with van der Waals surface area (Å²) < 4.78 is 6.85. The lowest BCUT2D eigenvalue weighted by atomic mass is 10.1. The van der Waals surface area contributed by atoms with E-state index in [2.05, 4.69) is 15.2 Å². The first kappa shape index (κ1) is 13.5. The molecule has 0 radical (unpaired) electrons. The van der Waals surface area contributed by atoms with E-state index in [9.17, 15) is 4.79 Å². The number of likely N-dealkylation sites (tertiary alicyclic amines) is 1. The maximum Gasteiger partial charge on any atom is 0.226 e. The average Bonchev–Trinajstić information content (AvgIpc) is 2.85. The fraction of sp³-hybridized carbons (Fsp3) is 0.600. The van der Waals surface area contributed by atoms with Gasteiger partial charge in [0.1, 0.15) is 0 Å². The first-order chi connectivity index (χ1) is 10.6. The summed E-state index contributed by atoms with van der Waals surface area (Å²) in [4.78, 5) is 19.0. The molecule has 3 heterocycles. The predicted molar refractivity (Wildman–Crippen MR) is 76.8 cm³/mol. The highest BCUT2D eigenvalue weighted by Crippen LogP contribution is 2.49. The molecular weight excluding hydrogens is 282 g/mol. The fourth-order valence-electron chi connectivity index (χ4n) is 3.43. The van der Waals surface area contributed by atoms with E-state index in [4.69, 9.17) is 4.52 Å². The summed E-state index contributed by atoms with van der Waals surface area (Å²) in [6.45, 7) is 2.56. The van der Waals surface area contributed by atoms with Gasteiger partial charge in [0, 0.05) is 32.6 Å². The highest BCUT2D eigenvalue weighted by molar-refractivity contribution is 5.83. The van der Waals surface area contributed by atoms with E-state index < -0.39 is 0 Å². The molecule has 7 heteroatoms. The van der Waals surface area contributed by atoms with Crippen molar-refractivity contribution in [2.75, 3.05) is 6.54 Å². The molecule has 0 unspecified atom stereocenters. The van der Waals surface area contributed by atoms with Crippen molar-refractivity contribution in [2.45, 2.75) is 38.1 Å². The second-order valence-electron chi connectivity index (χ2n) is 6.26. The quantitative estimate of drug-likeness (QED) is 0.860. The van der Waals surface area contributed by atoms with Gasteiger partial charge in [-0.1, -0.05) is 5.16 Å². The summed E-state index contributed by atoms with van der Waals surface area (Å²) in [7, 11) is 1.90. The van der Waals surface area contributed by atoms with Crippen molar-refractivity contribution in [1.29, 1.82) is 0 Å². The number of hydrogen-bond donors (Lipinski definition) is 0. The molecule has 4 rings (SSSR count). The molecule has 2 aromatic rings. The van der Waals surface area contributed by atoms with E-state index in [0.29, 0.717) is 17.6 Å². The summed E-state index contributed by atoms with van der Waals surface area (Å²) in [6, 6.07) is -0.0277. The van der Waals surface area contributed by atoms with Crippen molar-refractivity contribution >= 4 is 5.91 Å². The van der Waals surface area contributed by atoms with Gasteiger partial charge in [-0.2, -0.15) is 10.1 Å². The molecule has 2 aromatic heterocycles. The van der Waals surface area contributed by atoms with Crippen LogP contribution in [0, 0.1) is 12.8 Å². The van der Waals surface area contributed by atoms with E-state index in [0.717, 1.165) is 31.4 Å². The standard InChI is InChI=1S/C15H19N5O2/c1-9-17-14(18-22-9)13-4-3-5-20(13)15(21)12-6-11(12)10-7-16-19(2)8-10/h7-8,11-13H,3-6H2,1-2H3/t11-,12+,13+/m1/s1. The van der Waals surface area contributed by atoms with E-state index in [-0.39, 0.29) is 17.9 Å². The molecule has 0 spiro atoms. The third kappa shape index (κ3) is 2.20. The van der Waals surface area contributed by atoms with Crippen molar-refractivity contribution < 1.29 is 9.32 Å². The van der Waals surface area contributed by atoms with Gasteiger partial charge in [-0.3, -0.25) is 9.48 Å². The Balaban J connectivity index is 1.48. The molecule has 7 nitrogen and oxygen atoms in total. The minimum Gasteiger partial charge on any atom is -0.340 e. The molecule has 1 aliphatic carbocycles. The van der Waals surface area contributed by atoms with E-state index in [1.807, 2.05) is 24.3 Å². The monoisotopic (exact) mass is 301 g/mol. The molecule has 3 atom stereocenters. The third-order valence-electron chi connectivity index (χ3n) is 4.64. The maximum absolute atomic E-state index is 12.8. The van der Waals surface area contributed by atoms with Crippen LogP contribution in [0.3, 0.4) is 0 Å². The van der Waals surface area contributed by atoms with E-state index in [1.54, 1.807) is 11.6 Å². The highest BCUT2D eigenvalue weighted by Gasteiger charge is 2.48. The average molecular weight is 301 g/mol. The number of nitrogens with zero attached hydrogens (tertiary/aromatic N) is 5. The Morgan fingerprint density at radius 1 is 1.45 bits per heavy atom. The van der Waals surface area contributed by atoms with Gasteiger partial charge in [0.05, 0.1) is 12.2 Å². The van der Waals surface area contributed by atoms with Gasteiger partial charge < -0.3 is 9.42 Å². The zero-order valence-electron chi connectivity index (χ0n) is 12.8. The maximum atomic E-state index is 12.8. The van der Waals surface area contributed by atoms with Crippen LogP contribution in [0.15, 0.2) is 16.9 Å². The molecule has 1 amide bonds. The van der Waals surface area contributed by atoms with Gasteiger partial charge in [-0.25, -0.2) is 0 Å². The second kappa shape index (κ2) is 4.93. The number of carbonyl (C=O) groups is 1. The molecule has 2 aliphatic rings. The smallest absolute Gasteiger partial charge is 0.226 e. The van der Waals surface area contributed by atoms with Crippen molar-refractivity contribution in [3.05, 3.63) is 29.7 Å². The highest BCUT2D eigenvalue weighted by atomic mass is 16.5. The molecule has 0 aromatic carbocycles. The van der Waals surface area contributed by atoms with Crippen LogP contribution >= 0.6 is 0 Å². The van der Waals surface area contributed by atoms with Crippen LogP contribution in [0.5, 0.6) is 0 Å². The van der Waals surface area contributed by atoms with Gasteiger partial charge in [0.25, 0.3) is 0 Å². The zero-order chi connectivity index (χ0) is 15.3. The lowest BCUT2D eigenvalue weighted by Gasteiger charge is -2.22. The van der Waals surface area contributed by atoms with Crippen molar-refractivity contribution in [3.8, 4) is 0 Å². The van der Waals surface area contributed by atoms with Crippen LogP contribution in [-0.2, 0) is 11.8 Å². The largest absolute Gasteiger partial charge is 0.340 e. The summed E-state index contributed by atoms with van der Waals surface area (Å²) in [5.41, 5.74) is 1.16. The van der Waals surface area contributed by atoms with Gasteiger partial charge in [0.2, 0.25) is 11.8 Å². The summed E-state index contributed by atoms with van der Waals surface area (Å²) in [6.07, 6.45) is 6.69. The van der Waals surface area contributed by atoms with Gasteiger partial charge in [0.15, 0.2) is 5.82 Å². The molecule has 1 saturated carbocycles. The fourth-order valence-corrected chi connectivity index (χ4v) is 3.43. The number of rotatable bonds is 3. The van der Waals surface area contributed by atoms with Gasteiger partial charge in [-0.15, -0.1) is 0 Å². The Morgan fingerprint density at radius 2 is 2.32 bits per heavy atom. The van der Waals surface area contributed by atoms with Crippen molar-refractivity contribution in [1.82, 2.24) is 24.8 Å². The van der Waals surface area contributed by atoms with Crippen LogP contribution in [0.1, 0.15) is 48.5 Å². The minimum absolute atomic E-state index is 0.0277. The SMILES string of the molecule is Cc1nc([C@@H]2CCCN2C(=O)[C@H]2C[C@@H]2c2cnn(C)c2)no1. The first-order valence-corrected chi connectivity index (χ1v) is 7.72. The second-order valence-corrected chi connectivity index (χ2v) is 6.26. The predicted octanol–water partition coefficient (Wildman–Crippen LogP) is 1.58. The topological polar surface area (TPSA) is 77.1 Å². The third-order valence-corrected chi connectivity index (χ3v) is 4.64. The first-order valence-electron chi connectivity index (χ1n) is 7.72. The number of aryl methyl sites for hydroxylation is 2. The van der Waals surface area contributed by atoms with Crippen molar-refractivity contribution in [2.24, 2.45) is 13.0 Å². The number of aromatic nitrogens is 4. The molecule has 2 fully saturated rings. The van der Waals surface area contributed by atoms with Crippen LogP contribution in [0.4, 0.5) is 0 Å². The molecule has 116 valence electrons. The Kier molecular flexibility index (Phi) is 3.02. The zero-order valence-corrected chi connectivity index (χ0v) is 12.8. The normalized spacial score (nSPS) is 27.4. The Hall–Kier alpha value is -2.18. The molecule has 0 N–H and O–H groups in total. The van der Waals surface area contributed by atoms with Crippen LogP contribution in [0.2, 0.25) is 0 Å². The van der Waals surface area contributed by atoms with Crippen LogP contribution in [-0.4, -0.2) is 37.3 Å². The van der Waals surface area contributed by atoms with Crippen LogP contribution in [0.25, 0.3) is 0 Å². The summed E-state index contributed by atoms with van der Waals surface area (Å²) in [5.74, 6) is 1.81. The minimum atomic E-state index is -0.0277. The summed E-state index contributed by atoms with van der Waals surface area (Å²) in [5, 5.41) is 8.19. The molecule has 22 heavy (non-hydrogen) atoms.